The minimum absolute atomic E-state index is 0.0218. The molecule has 0 atom stereocenters. The zero-order chi connectivity index (χ0) is 29.0. The highest BCUT2D eigenvalue weighted by Gasteiger charge is 2.29. The van der Waals surface area contributed by atoms with Gasteiger partial charge in [0.05, 0.1) is 20.9 Å². The number of nitrogens with zero attached hydrogens (tertiary/aromatic N) is 1. The van der Waals surface area contributed by atoms with E-state index in [9.17, 15) is 18.0 Å². The number of hydrogen-bond donors (Lipinski definition) is 3. The van der Waals surface area contributed by atoms with E-state index in [1.807, 2.05) is 13.8 Å². The Morgan fingerprint density at radius 1 is 1.05 bits per heavy atom. The molecule has 0 radical (unpaired) electrons. The van der Waals surface area contributed by atoms with Crippen LogP contribution in [0.15, 0.2) is 29.3 Å². The molecule has 1 fully saturated rings. The number of nitrogens with one attached hydrogen (secondary N) is 3. The summed E-state index contributed by atoms with van der Waals surface area (Å²) in [6.45, 7) is 12.5. The van der Waals surface area contributed by atoms with Crippen molar-refractivity contribution in [1.29, 1.82) is 0 Å². The number of rotatable bonds is 8. The summed E-state index contributed by atoms with van der Waals surface area (Å²) in [7, 11) is -3.94. The van der Waals surface area contributed by atoms with Crippen molar-refractivity contribution in [1.82, 2.24) is 15.0 Å². The summed E-state index contributed by atoms with van der Waals surface area (Å²) in [5, 5.41) is 6.28. The number of benzene rings is 1. The SMILES string of the molecule is CC(C)NC(=O)OC1CCC(c2ncc(-c3ccc(NC(=O)OC(C)C)cc3S(=O)(=O)NC(C)(C)C)s2)CC1. The van der Waals surface area contributed by atoms with Crippen molar-refractivity contribution in [3.05, 3.63) is 29.4 Å². The van der Waals surface area contributed by atoms with Crippen molar-refractivity contribution < 1.29 is 27.5 Å². The molecular formula is C27H40N4O6S2. The molecule has 0 bridgehead atoms. The van der Waals surface area contributed by atoms with E-state index in [4.69, 9.17) is 9.47 Å². The van der Waals surface area contributed by atoms with Gasteiger partial charge in [-0.25, -0.2) is 27.7 Å². The number of aromatic nitrogens is 1. The Hall–Kier alpha value is -2.70. The largest absolute Gasteiger partial charge is 0.447 e. The predicted octanol–water partition coefficient (Wildman–Crippen LogP) is 6.00. The van der Waals surface area contributed by atoms with E-state index in [1.54, 1.807) is 52.9 Å². The fourth-order valence-electron chi connectivity index (χ4n) is 4.30. The van der Waals surface area contributed by atoms with E-state index in [2.05, 4.69) is 20.3 Å². The number of carbonyl (C=O) groups is 2. The summed E-state index contributed by atoms with van der Waals surface area (Å²) < 4.78 is 40.3. The third kappa shape index (κ3) is 9.18. The number of anilines is 1. The van der Waals surface area contributed by atoms with Crippen LogP contribution in [0.3, 0.4) is 0 Å². The average molecular weight is 581 g/mol. The first kappa shape index (κ1) is 30.8. The highest BCUT2D eigenvalue weighted by Crippen LogP contribution is 2.40. The molecule has 0 spiro atoms. The van der Waals surface area contributed by atoms with Crippen molar-refractivity contribution in [2.45, 2.75) is 109 Å². The number of alkyl carbamates (subject to hydrolysis) is 1. The van der Waals surface area contributed by atoms with Crippen LogP contribution in [-0.4, -0.2) is 49.4 Å². The summed E-state index contributed by atoms with van der Waals surface area (Å²) >= 11 is 1.46. The Morgan fingerprint density at radius 3 is 2.31 bits per heavy atom. The van der Waals surface area contributed by atoms with Crippen LogP contribution in [0.5, 0.6) is 0 Å². The Bertz CT molecular complexity index is 1260. The van der Waals surface area contributed by atoms with Gasteiger partial charge in [0.2, 0.25) is 10.0 Å². The van der Waals surface area contributed by atoms with Gasteiger partial charge in [-0.05, 0) is 86.3 Å². The van der Waals surface area contributed by atoms with Gasteiger partial charge in [-0.1, -0.05) is 6.07 Å². The molecule has 2 amide bonds. The van der Waals surface area contributed by atoms with Gasteiger partial charge in [0.1, 0.15) is 6.10 Å². The molecule has 1 saturated carbocycles. The molecule has 216 valence electrons. The molecule has 3 rings (SSSR count). The van der Waals surface area contributed by atoms with Crippen LogP contribution in [0.1, 0.15) is 85.1 Å². The first-order valence-electron chi connectivity index (χ1n) is 13.2. The summed E-state index contributed by atoms with van der Waals surface area (Å²) in [6.07, 6.45) is 3.34. The lowest BCUT2D eigenvalue weighted by molar-refractivity contribution is 0.0699. The van der Waals surface area contributed by atoms with Gasteiger partial charge < -0.3 is 14.8 Å². The molecule has 1 aromatic carbocycles. The molecule has 10 nitrogen and oxygen atoms in total. The predicted molar refractivity (Wildman–Crippen MR) is 153 cm³/mol. The van der Waals surface area contributed by atoms with E-state index in [1.165, 1.54) is 17.4 Å². The summed E-state index contributed by atoms with van der Waals surface area (Å²) in [6, 6.07) is 4.79. The minimum Gasteiger partial charge on any atom is -0.447 e. The minimum atomic E-state index is -3.94. The van der Waals surface area contributed by atoms with Gasteiger partial charge in [-0.15, -0.1) is 11.3 Å². The van der Waals surface area contributed by atoms with Crippen molar-refractivity contribution in [3.8, 4) is 10.4 Å². The van der Waals surface area contributed by atoms with Crippen molar-refractivity contribution in [2.75, 3.05) is 5.32 Å². The Kier molecular flexibility index (Phi) is 10.0. The molecular weight excluding hydrogens is 540 g/mol. The maximum atomic E-state index is 13.4. The number of amides is 2. The van der Waals surface area contributed by atoms with Crippen LogP contribution in [-0.2, 0) is 19.5 Å². The molecule has 0 unspecified atom stereocenters. The van der Waals surface area contributed by atoms with Crippen LogP contribution in [0.25, 0.3) is 10.4 Å². The number of ether oxygens (including phenoxy) is 2. The normalized spacial score (nSPS) is 18.2. The molecule has 1 aromatic heterocycles. The van der Waals surface area contributed by atoms with Gasteiger partial charge >= 0.3 is 12.2 Å². The van der Waals surface area contributed by atoms with Crippen molar-refractivity contribution in [3.63, 3.8) is 0 Å². The number of carbonyl (C=O) groups excluding carboxylic acids is 2. The Balaban J connectivity index is 1.82. The lowest BCUT2D eigenvalue weighted by Crippen LogP contribution is -2.40. The van der Waals surface area contributed by atoms with Gasteiger partial charge in [0.25, 0.3) is 0 Å². The van der Waals surface area contributed by atoms with Crippen LogP contribution < -0.4 is 15.4 Å². The van der Waals surface area contributed by atoms with Crippen LogP contribution in [0.4, 0.5) is 15.3 Å². The first-order valence-corrected chi connectivity index (χ1v) is 15.5. The fourth-order valence-corrected chi connectivity index (χ4v) is 7.15. The second-order valence-electron chi connectivity index (χ2n) is 11.4. The van der Waals surface area contributed by atoms with Gasteiger partial charge in [0.15, 0.2) is 0 Å². The standard InChI is InChI=1S/C27H40N4O6S2/c1-16(2)29-25(32)37-20-11-8-18(9-12-20)24-28-15-22(38-24)21-13-10-19(30-26(33)36-17(3)4)14-23(21)39(34,35)31-27(5,6)7/h10,13-18,20,31H,8-9,11-12H2,1-7H3,(H,29,32)(H,30,33). The van der Waals surface area contributed by atoms with Gasteiger partial charge in [-0.2, -0.15) is 0 Å². The van der Waals surface area contributed by atoms with Crippen molar-refractivity contribution in [2.24, 2.45) is 0 Å². The van der Waals surface area contributed by atoms with Crippen LogP contribution in [0.2, 0.25) is 0 Å². The van der Waals surface area contributed by atoms with Gasteiger partial charge in [0, 0.05) is 34.9 Å². The molecule has 0 aliphatic heterocycles. The molecule has 3 N–H and O–H groups in total. The topological polar surface area (TPSA) is 136 Å². The first-order chi connectivity index (χ1) is 18.1. The van der Waals surface area contributed by atoms with E-state index in [-0.39, 0.29) is 29.1 Å². The summed E-state index contributed by atoms with van der Waals surface area (Å²) in [4.78, 5) is 29.5. The molecule has 1 aliphatic rings. The maximum Gasteiger partial charge on any atom is 0.411 e. The molecule has 39 heavy (non-hydrogen) atoms. The third-order valence-corrected chi connectivity index (χ3v) is 8.78. The van der Waals surface area contributed by atoms with Crippen LogP contribution >= 0.6 is 11.3 Å². The lowest BCUT2D eigenvalue weighted by Gasteiger charge is -2.27. The number of thiazole rings is 1. The smallest absolute Gasteiger partial charge is 0.411 e. The second-order valence-corrected chi connectivity index (χ2v) is 14.1. The summed E-state index contributed by atoms with van der Waals surface area (Å²) in [5.41, 5.74) is 0.103. The zero-order valence-corrected chi connectivity index (χ0v) is 25.3. The average Bonchev–Trinajstić information content (AvgIpc) is 3.27. The van der Waals surface area contributed by atoms with E-state index in [0.717, 1.165) is 30.7 Å². The maximum absolute atomic E-state index is 13.4. The zero-order valence-electron chi connectivity index (χ0n) is 23.7. The molecule has 2 aromatic rings. The van der Waals surface area contributed by atoms with Gasteiger partial charge in [-0.3, -0.25) is 5.32 Å². The third-order valence-electron chi connectivity index (χ3n) is 5.79. The van der Waals surface area contributed by atoms with E-state index >= 15 is 0 Å². The quantitative estimate of drug-likeness (QED) is 0.348. The molecule has 12 heteroatoms. The molecule has 0 saturated heterocycles. The van der Waals surface area contributed by atoms with E-state index < -0.39 is 27.7 Å². The summed E-state index contributed by atoms with van der Waals surface area (Å²) in [5.74, 6) is 0.205. The Morgan fingerprint density at radius 2 is 1.72 bits per heavy atom. The number of hydrogen-bond acceptors (Lipinski definition) is 8. The monoisotopic (exact) mass is 580 g/mol. The van der Waals surface area contributed by atoms with E-state index in [0.29, 0.717) is 16.1 Å². The number of sulfonamides is 1. The van der Waals surface area contributed by atoms with Crippen molar-refractivity contribution >= 4 is 39.2 Å². The molecule has 1 aliphatic carbocycles. The molecule has 1 heterocycles. The second kappa shape index (κ2) is 12.6. The lowest BCUT2D eigenvalue weighted by atomic mass is 9.88. The highest BCUT2D eigenvalue weighted by atomic mass is 32.2. The van der Waals surface area contributed by atoms with Crippen LogP contribution in [0, 0.1) is 0 Å². The Labute approximate surface area is 235 Å². The fraction of sp³-hybridized carbons (Fsp3) is 0.593. The highest BCUT2D eigenvalue weighted by molar-refractivity contribution is 7.89.